The fraction of sp³-hybridized carbons (Fsp3) is 0.429. The predicted molar refractivity (Wildman–Crippen MR) is 52.9 cm³/mol. The molecule has 0 spiro atoms. The van der Waals surface area contributed by atoms with Crippen LogP contribution in [0.3, 0.4) is 0 Å². The molecule has 13 heavy (non-hydrogen) atoms. The van der Waals surface area contributed by atoms with Crippen LogP contribution in [0.4, 0.5) is 0 Å². The summed E-state index contributed by atoms with van der Waals surface area (Å²) in [6.07, 6.45) is 0.571. The summed E-state index contributed by atoms with van der Waals surface area (Å²) in [6, 6.07) is 1.75. The molecule has 0 atom stereocenters. The minimum Gasteiger partial charge on any atom is -0.384 e. The molecule has 6 heteroatoms. The third-order valence-electron chi connectivity index (χ3n) is 1.50. The van der Waals surface area contributed by atoms with Gasteiger partial charge in [-0.25, -0.2) is 8.42 Å². The van der Waals surface area contributed by atoms with Crippen LogP contribution in [0.5, 0.6) is 0 Å². The quantitative estimate of drug-likeness (QED) is 0.755. The van der Waals surface area contributed by atoms with Crippen molar-refractivity contribution < 1.29 is 13.2 Å². The lowest BCUT2D eigenvalue weighted by molar-refractivity contribution is 0.202. The van der Waals surface area contributed by atoms with Crippen molar-refractivity contribution in [3.05, 3.63) is 17.0 Å². The van der Waals surface area contributed by atoms with Crippen LogP contribution in [0.15, 0.2) is 15.7 Å². The van der Waals surface area contributed by atoms with E-state index in [-0.39, 0.29) is 4.21 Å². The van der Waals surface area contributed by atoms with Crippen molar-refractivity contribution >= 4 is 31.1 Å². The van der Waals surface area contributed by atoms with Crippen molar-refractivity contribution in [2.75, 3.05) is 13.7 Å². The topological polar surface area (TPSA) is 43.4 Å². The van der Waals surface area contributed by atoms with E-state index in [2.05, 4.69) is 0 Å². The van der Waals surface area contributed by atoms with Gasteiger partial charge < -0.3 is 4.74 Å². The summed E-state index contributed by atoms with van der Waals surface area (Å²) < 4.78 is 27.1. The van der Waals surface area contributed by atoms with Crippen LogP contribution in [0.1, 0.15) is 5.56 Å². The number of hydrogen-bond donors (Lipinski definition) is 0. The Bertz CT molecular complexity index is 369. The van der Waals surface area contributed by atoms with Gasteiger partial charge >= 0.3 is 0 Å². The van der Waals surface area contributed by atoms with Gasteiger partial charge in [0, 0.05) is 17.8 Å². The molecule has 0 radical (unpaired) electrons. The smallest absolute Gasteiger partial charge is 0.271 e. The Morgan fingerprint density at radius 2 is 2.31 bits per heavy atom. The van der Waals surface area contributed by atoms with E-state index in [0.717, 1.165) is 16.9 Å². The molecular weight excluding hydrogens is 232 g/mol. The Morgan fingerprint density at radius 1 is 1.62 bits per heavy atom. The summed E-state index contributed by atoms with van der Waals surface area (Å²) in [5, 5.41) is 1.71. The highest BCUT2D eigenvalue weighted by molar-refractivity contribution is 8.15. The van der Waals surface area contributed by atoms with Crippen molar-refractivity contribution in [2.45, 2.75) is 10.6 Å². The van der Waals surface area contributed by atoms with Crippen LogP contribution < -0.4 is 0 Å². The zero-order chi connectivity index (χ0) is 9.90. The molecule has 0 fully saturated rings. The maximum absolute atomic E-state index is 11.0. The summed E-state index contributed by atoms with van der Waals surface area (Å²) in [7, 11) is 3.21. The second-order valence-electron chi connectivity index (χ2n) is 2.41. The van der Waals surface area contributed by atoms with Gasteiger partial charge in [-0.1, -0.05) is 0 Å². The molecule has 0 saturated carbocycles. The minimum atomic E-state index is -3.59. The molecule has 0 saturated heterocycles. The first-order valence-electron chi connectivity index (χ1n) is 3.55. The maximum Gasteiger partial charge on any atom is 0.271 e. The van der Waals surface area contributed by atoms with Gasteiger partial charge in [0.1, 0.15) is 4.21 Å². The molecule has 1 aromatic heterocycles. The third kappa shape index (κ3) is 2.95. The lowest BCUT2D eigenvalue weighted by Gasteiger charge is -1.98. The van der Waals surface area contributed by atoms with E-state index < -0.39 is 9.05 Å². The Morgan fingerprint density at radius 3 is 2.85 bits per heavy atom. The highest BCUT2D eigenvalue weighted by Gasteiger charge is 2.16. The summed E-state index contributed by atoms with van der Waals surface area (Å²) in [6.45, 7) is 0.496. The van der Waals surface area contributed by atoms with Crippen molar-refractivity contribution in [2.24, 2.45) is 0 Å². The second kappa shape index (κ2) is 4.41. The lowest BCUT2D eigenvalue weighted by atomic mass is 10.3. The Hall–Kier alpha value is -0.100. The van der Waals surface area contributed by atoms with Crippen LogP contribution in [0, 0.1) is 0 Å². The number of hydrogen-bond acceptors (Lipinski definition) is 4. The average molecular weight is 241 g/mol. The number of thiophene rings is 1. The molecular formula is C7H9ClO3S2. The molecule has 3 nitrogen and oxygen atoms in total. The first-order chi connectivity index (χ1) is 6.05. The highest BCUT2D eigenvalue weighted by atomic mass is 35.7. The van der Waals surface area contributed by atoms with E-state index >= 15 is 0 Å². The van der Waals surface area contributed by atoms with Gasteiger partial charge in [0.15, 0.2) is 0 Å². The van der Waals surface area contributed by atoms with E-state index in [1.54, 1.807) is 18.6 Å². The van der Waals surface area contributed by atoms with E-state index in [1.165, 1.54) is 0 Å². The molecule has 1 rings (SSSR count). The number of methoxy groups -OCH3 is 1. The van der Waals surface area contributed by atoms with Gasteiger partial charge in [-0.05, 0) is 23.4 Å². The number of halogens is 1. The fourth-order valence-electron chi connectivity index (χ4n) is 0.933. The van der Waals surface area contributed by atoms with Gasteiger partial charge in [0.05, 0.1) is 6.61 Å². The Balaban J connectivity index is 2.90. The zero-order valence-electron chi connectivity index (χ0n) is 6.99. The monoisotopic (exact) mass is 240 g/mol. The first kappa shape index (κ1) is 11.0. The van der Waals surface area contributed by atoms with Crippen LogP contribution in [0.25, 0.3) is 0 Å². The van der Waals surface area contributed by atoms with Gasteiger partial charge in [0.2, 0.25) is 0 Å². The molecule has 0 aliphatic carbocycles. The maximum atomic E-state index is 11.0. The molecule has 1 heterocycles. The lowest BCUT2D eigenvalue weighted by Crippen LogP contribution is -1.97. The molecule has 0 amide bonds. The van der Waals surface area contributed by atoms with Crippen LogP contribution in [-0.4, -0.2) is 22.1 Å². The molecule has 0 aromatic carbocycles. The van der Waals surface area contributed by atoms with E-state index in [4.69, 9.17) is 15.4 Å². The SMILES string of the molecule is COCCc1ccsc1S(=O)(=O)Cl. The highest BCUT2D eigenvalue weighted by Crippen LogP contribution is 2.26. The number of ether oxygens (including phenoxy) is 1. The van der Waals surface area contributed by atoms with Gasteiger partial charge in [0.25, 0.3) is 9.05 Å². The number of rotatable bonds is 4. The van der Waals surface area contributed by atoms with Gasteiger partial charge in [-0.3, -0.25) is 0 Å². The van der Waals surface area contributed by atoms with Gasteiger partial charge in [-0.2, -0.15) is 0 Å². The van der Waals surface area contributed by atoms with Crippen LogP contribution in [0.2, 0.25) is 0 Å². The van der Waals surface area contributed by atoms with Crippen LogP contribution >= 0.6 is 22.0 Å². The second-order valence-corrected chi connectivity index (χ2v) is 6.09. The van der Waals surface area contributed by atoms with Gasteiger partial charge in [-0.15, -0.1) is 11.3 Å². The van der Waals surface area contributed by atoms with E-state index in [9.17, 15) is 8.42 Å². The predicted octanol–water partition coefficient (Wildman–Crippen LogP) is 1.86. The van der Waals surface area contributed by atoms with Crippen molar-refractivity contribution in [3.63, 3.8) is 0 Å². The van der Waals surface area contributed by atoms with E-state index in [0.29, 0.717) is 13.0 Å². The zero-order valence-corrected chi connectivity index (χ0v) is 9.38. The van der Waals surface area contributed by atoms with E-state index in [1.807, 2.05) is 0 Å². The molecule has 1 aromatic rings. The molecule has 0 N–H and O–H groups in total. The molecule has 0 aliphatic rings. The van der Waals surface area contributed by atoms with Crippen molar-refractivity contribution in [3.8, 4) is 0 Å². The largest absolute Gasteiger partial charge is 0.384 e. The standard InChI is InChI=1S/C7H9ClO3S2/c1-11-4-2-6-3-5-12-7(6)13(8,9)10/h3,5H,2,4H2,1H3. The molecule has 0 bridgehead atoms. The Kier molecular flexibility index (Phi) is 3.73. The van der Waals surface area contributed by atoms with Crippen LogP contribution in [-0.2, 0) is 20.2 Å². The summed E-state index contributed by atoms with van der Waals surface area (Å²) >= 11 is 1.13. The normalized spacial score (nSPS) is 11.8. The third-order valence-corrected chi connectivity index (χ3v) is 4.64. The minimum absolute atomic E-state index is 0.228. The Labute approximate surface area is 85.7 Å². The molecule has 0 aliphatic heterocycles. The van der Waals surface area contributed by atoms with Crippen molar-refractivity contribution in [1.82, 2.24) is 0 Å². The molecule has 0 unspecified atom stereocenters. The average Bonchev–Trinajstić information content (AvgIpc) is 2.47. The summed E-state index contributed by atoms with van der Waals surface area (Å²) in [5.41, 5.74) is 0.724. The summed E-state index contributed by atoms with van der Waals surface area (Å²) in [5.74, 6) is 0. The summed E-state index contributed by atoms with van der Waals surface area (Å²) in [4.78, 5) is 0. The van der Waals surface area contributed by atoms with Crippen molar-refractivity contribution in [1.29, 1.82) is 0 Å². The fourth-order valence-corrected chi connectivity index (χ4v) is 3.34. The molecule has 74 valence electrons. The first-order valence-corrected chi connectivity index (χ1v) is 6.74.